The fourth-order valence-corrected chi connectivity index (χ4v) is 2.49. The smallest absolute Gasteiger partial charge is 0.251 e. The summed E-state index contributed by atoms with van der Waals surface area (Å²) in [5.74, 6) is 0.629. The highest BCUT2D eigenvalue weighted by atomic mass is 16.1. The summed E-state index contributed by atoms with van der Waals surface area (Å²) < 4.78 is 1.66. The number of hydrogen-bond donors (Lipinski definition) is 0. The number of carbonyl (C=O) groups excluding carboxylic acids is 1. The zero-order chi connectivity index (χ0) is 16.4. The molecule has 6 nitrogen and oxygen atoms in total. The van der Waals surface area contributed by atoms with Crippen LogP contribution in [0.3, 0.4) is 0 Å². The van der Waals surface area contributed by atoms with E-state index in [1.807, 2.05) is 52.8 Å². The Morgan fingerprint density at radius 1 is 1.14 bits per heavy atom. The normalized spacial score (nSPS) is 11.2. The van der Waals surface area contributed by atoms with E-state index in [0.717, 1.165) is 29.3 Å². The average Bonchev–Trinajstić information content (AvgIpc) is 2.70. The van der Waals surface area contributed by atoms with Crippen LogP contribution in [0.1, 0.15) is 39.6 Å². The Labute approximate surface area is 131 Å². The van der Waals surface area contributed by atoms with Gasteiger partial charge >= 0.3 is 0 Å². The molecule has 118 valence electrons. The van der Waals surface area contributed by atoms with Gasteiger partial charge in [-0.05, 0) is 47.9 Å². The fraction of sp³-hybridized carbons (Fsp3) is 0.500. The van der Waals surface area contributed by atoms with Gasteiger partial charge in [0.2, 0.25) is 0 Å². The lowest BCUT2D eigenvalue weighted by molar-refractivity contribution is 0.0971. The van der Waals surface area contributed by atoms with Crippen molar-refractivity contribution < 1.29 is 4.79 Å². The molecule has 0 aromatic carbocycles. The first-order valence-electron chi connectivity index (χ1n) is 7.36. The molecule has 2 aromatic heterocycles. The van der Waals surface area contributed by atoms with E-state index in [9.17, 15) is 4.79 Å². The molecule has 0 amide bonds. The molecule has 0 aliphatic heterocycles. The first kappa shape index (κ1) is 16.3. The number of aryl methyl sites for hydroxylation is 3. The molecule has 0 N–H and O–H groups in total. The van der Waals surface area contributed by atoms with Gasteiger partial charge < -0.3 is 4.90 Å². The third kappa shape index (κ3) is 3.39. The van der Waals surface area contributed by atoms with E-state index >= 15 is 0 Å². The van der Waals surface area contributed by atoms with Crippen molar-refractivity contribution in [2.24, 2.45) is 0 Å². The van der Waals surface area contributed by atoms with Crippen LogP contribution in [-0.2, 0) is 0 Å². The third-order valence-corrected chi connectivity index (χ3v) is 3.52. The second-order valence-electron chi connectivity index (χ2n) is 5.88. The van der Waals surface area contributed by atoms with E-state index in [1.165, 1.54) is 0 Å². The van der Waals surface area contributed by atoms with Gasteiger partial charge in [0.25, 0.3) is 5.95 Å². The molecule has 0 saturated carbocycles. The van der Waals surface area contributed by atoms with Gasteiger partial charge in [-0.2, -0.15) is 5.10 Å². The third-order valence-electron chi connectivity index (χ3n) is 3.52. The van der Waals surface area contributed by atoms with Crippen LogP contribution in [0, 0.1) is 27.7 Å². The van der Waals surface area contributed by atoms with Crippen LogP contribution >= 0.6 is 0 Å². The summed E-state index contributed by atoms with van der Waals surface area (Å²) in [5, 5.41) is 4.47. The molecule has 0 saturated heterocycles. The van der Waals surface area contributed by atoms with Crippen molar-refractivity contribution >= 4 is 5.78 Å². The summed E-state index contributed by atoms with van der Waals surface area (Å²) in [7, 11) is 3.92. The number of carbonyl (C=O) groups is 1. The van der Waals surface area contributed by atoms with Crippen LogP contribution in [0.5, 0.6) is 0 Å². The van der Waals surface area contributed by atoms with Crippen LogP contribution in [0.2, 0.25) is 0 Å². The van der Waals surface area contributed by atoms with Crippen LogP contribution in [0.4, 0.5) is 0 Å². The molecule has 0 aliphatic rings. The van der Waals surface area contributed by atoms with Gasteiger partial charge in [0.15, 0.2) is 5.78 Å². The molecule has 0 fully saturated rings. The lowest BCUT2D eigenvalue weighted by Gasteiger charge is -2.09. The van der Waals surface area contributed by atoms with E-state index < -0.39 is 0 Å². The molecule has 0 radical (unpaired) electrons. The maximum absolute atomic E-state index is 12.4. The highest BCUT2D eigenvalue weighted by Gasteiger charge is 2.20. The Balaban J connectivity index is 2.40. The summed E-state index contributed by atoms with van der Waals surface area (Å²) in [6, 6.07) is 1.92. The number of ketones is 1. The first-order valence-corrected chi connectivity index (χ1v) is 7.36. The lowest BCUT2D eigenvalue weighted by atomic mass is 10.1. The molecule has 2 rings (SSSR count). The average molecular weight is 301 g/mol. The Morgan fingerprint density at radius 3 is 2.27 bits per heavy atom. The number of Topliss-reactive ketones (excluding diaryl/α,β-unsaturated/α-hetero) is 1. The van der Waals surface area contributed by atoms with Crippen molar-refractivity contribution in [2.45, 2.75) is 34.1 Å². The second-order valence-corrected chi connectivity index (χ2v) is 5.88. The summed E-state index contributed by atoms with van der Waals surface area (Å²) in [5.41, 5.74) is 3.98. The maximum atomic E-state index is 12.4. The molecule has 2 aromatic rings. The van der Waals surface area contributed by atoms with Gasteiger partial charge in [0.05, 0.1) is 17.0 Å². The Morgan fingerprint density at radius 2 is 1.73 bits per heavy atom. The number of nitrogens with zero attached hydrogens (tertiary/aromatic N) is 5. The van der Waals surface area contributed by atoms with Crippen molar-refractivity contribution in [3.05, 3.63) is 34.4 Å². The second kappa shape index (κ2) is 6.36. The minimum atomic E-state index is 0.110. The van der Waals surface area contributed by atoms with Gasteiger partial charge in [0, 0.05) is 24.4 Å². The molecule has 0 bridgehead atoms. The summed E-state index contributed by atoms with van der Waals surface area (Å²) in [6.45, 7) is 8.32. The Bertz CT molecular complexity index is 683. The van der Waals surface area contributed by atoms with Crippen molar-refractivity contribution in [3.63, 3.8) is 0 Å². The molecule has 22 heavy (non-hydrogen) atoms. The largest absolute Gasteiger partial charge is 0.309 e. The highest BCUT2D eigenvalue weighted by Crippen LogP contribution is 2.18. The lowest BCUT2D eigenvalue weighted by Crippen LogP contribution is -2.17. The van der Waals surface area contributed by atoms with Gasteiger partial charge in [-0.25, -0.2) is 14.6 Å². The predicted octanol–water partition coefficient (Wildman–Crippen LogP) is 2.03. The molecule has 0 aliphatic carbocycles. The summed E-state index contributed by atoms with van der Waals surface area (Å²) in [4.78, 5) is 23.3. The zero-order valence-electron chi connectivity index (χ0n) is 14.1. The van der Waals surface area contributed by atoms with Gasteiger partial charge in [-0.1, -0.05) is 0 Å². The summed E-state index contributed by atoms with van der Waals surface area (Å²) in [6.07, 6.45) is 0.480. The molecular formula is C16H23N5O. The van der Waals surface area contributed by atoms with Gasteiger partial charge in [-0.15, -0.1) is 0 Å². The SMILES string of the molecule is Cc1cc(C)nc(-n2nc(C)c(C(=O)CCN(C)C)c2C)n1. The van der Waals surface area contributed by atoms with Crippen molar-refractivity contribution in [3.8, 4) is 5.95 Å². The van der Waals surface area contributed by atoms with E-state index in [0.29, 0.717) is 17.9 Å². The number of hydrogen-bond acceptors (Lipinski definition) is 5. The maximum Gasteiger partial charge on any atom is 0.251 e. The quantitative estimate of drug-likeness (QED) is 0.791. The van der Waals surface area contributed by atoms with Crippen LogP contribution in [-0.4, -0.2) is 51.1 Å². The standard InChI is InChI=1S/C16H23N5O/c1-10-9-11(2)18-16(17-10)21-13(4)15(12(3)19-21)14(22)7-8-20(5)6/h9H,7-8H2,1-6H3. The topological polar surface area (TPSA) is 63.9 Å². The van der Waals surface area contributed by atoms with E-state index in [2.05, 4.69) is 15.1 Å². The number of rotatable bonds is 5. The fourth-order valence-electron chi connectivity index (χ4n) is 2.49. The van der Waals surface area contributed by atoms with Gasteiger partial charge in [0.1, 0.15) is 0 Å². The monoisotopic (exact) mass is 301 g/mol. The van der Waals surface area contributed by atoms with Crippen LogP contribution in [0.15, 0.2) is 6.07 Å². The first-order chi connectivity index (χ1) is 10.3. The van der Waals surface area contributed by atoms with Crippen LogP contribution in [0.25, 0.3) is 5.95 Å². The molecule has 0 unspecified atom stereocenters. The molecule has 0 atom stereocenters. The van der Waals surface area contributed by atoms with E-state index in [4.69, 9.17) is 0 Å². The predicted molar refractivity (Wildman–Crippen MR) is 85.6 cm³/mol. The van der Waals surface area contributed by atoms with Crippen molar-refractivity contribution in [2.75, 3.05) is 20.6 Å². The zero-order valence-corrected chi connectivity index (χ0v) is 14.1. The van der Waals surface area contributed by atoms with Crippen LogP contribution < -0.4 is 0 Å². The minimum Gasteiger partial charge on any atom is -0.309 e. The van der Waals surface area contributed by atoms with E-state index in [1.54, 1.807) is 4.68 Å². The minimum absolute atomic E-state index is 0.110. The van der Waals surface area contributed by atoms with Gasteiger partial charge in [-0.3, -0.25) is 4.79 Å². The molecule has 6 heteroatoms. The van der Waals surface area contributed by atoms with E-state index in [-0.39, 0.29) is 5.78 Å². The Kier molecular flexibility index (Phi) is 4.71. The Hall–Kier alpha value is -2.08. The van der Waals surface area contributed by atoms with Crippen molar-refractivity contribution in [1.29, 1.82) is 0 Å². The molecule has 2 heterocycles. The molecule has 0 spiro atoms. The number of aromatic nitrogens is 4. The summed E-state index contributed by atoms with van der Waals surface area (Å²) >= 11 is 0. The van der Waals surface area contributed by atoms with Crippen molar-refractivity contribution in [1.82, 2.24) is 24.6 Å². The molecular weight excluding hydrogens is 278 g/mol. The highest BCUT2D eigenvalue weighted by molar-refractivity contribution is 5.98.